The zero-order chi connectivity index (χ0) is 13.8. The fourth-order valence-corrected chi connectivity index (χ4v) is 2.40. The van der Waals surface area contributed by atoms with Crippen molar-refractivity contribution in [3.63, 3.8) is 0 Å². The third-order valence-electron chi connectivity index (χ3n) is 2.81. The Morgan fingerprint density at radius 2 is 2.00 bits per heavy atom. The molecule has 0 aliphatic heterocycles. The summed E-state index contributed by atoms with van der Waals surface area (Å²) in [5.74, 6) is 0. The van der Waals surface area contributed by atoms with Gasteiger partial charge in [-0.3, -0.25) is 5.32 Å². The lowest BCUT2D eigenvalue weighted by Gasteiger charge is -2.14. The fraction of sp³-hybridized carbons (Fsp3) is 0.286. The molecule has 5 heteroatoms. The maximum absolute atomic E-state index is 11.8. The van der Waals surface area contributed by atoms with Gasteiger partial charge in [0, 0.05) is 4.88 Å². The van der Waals surface area contributed by atoms with Gasteiger partial charge in [-0.2, -0.15) is 4.37 Å². The van der Waals surface area contributed by atoms with Crippen LogP contribution in [0, 0.1) is 13.8 Å². The number of rotatable bonds is 3. The van der Waals surface area contributed by atoms with Crippen LogP contribution in [0.4, 0.5) is 10.5 Å². The van der Waals surface area contributed by atoms with Crippen LogP contribution in [0.1, 0.15) is 29.2 Å². The summed E-state index contributed by atoms with van der Waals surface area (Å²) in [6.45, 7) is 5.63. The lowest BCUT2D eigenvalue weighted by Crippen LogP contribution is -2.16. The van der Waals surface area contributed by atoms with Crippen LogP contribution in [0.3, 0.4) is 0 Å². The van der Waals surface area contributed by atoms with Gasteiger partial charge < -0.3 is 4.74 Å². The SMILES string of the molecule is Cc1nsc(C)c1NC(=O)O[C@H](C)c1ccccc1. The molecule has 1 aromatic carbocycles. The highest BCUT2D eigenvalue weighted by molar-refractivity contribution is 7.06. The van der Waals surface area contributed by atoms with E-state index in [1.807, 2.05) is 51.1 Å². The third-order valence-corrected chi connectivity index (χ3v) is 3.66. The number of ether oxygens (including phenoxy) is 1. The van der Waals surface area contributed by atoms with Crippen LogP contribution in [-0.4, -0.2) is 10.5 Å². The second-order valence-electron chi connectivity index (χ2n) is 4.28. The van der Waals surface area contributed by atoms with Crippen LogP contribution in [0.5, 0.6) is 0 Å². The second kappa shape index (κ2) is 5.84. The summed E-state index contributed by atoms with van der Waals surface area (Å²) in [6.07, 6.45) is -0.740. The summed E-state index contributed by atoms with van der Waals surface area (Å²) in [5, 5.41) is 2.75. The maximum Gasteiger partial charge on any atom is 0.412 e. The molecule has 100 valence electrons. The molecular formula is C14H16N2O2S. The molecule has 1 amide bonds. The van der Waals surface area contributed by atoms with Gasteiger partial charge in [-0.05, 0) is 37.9 Å². The highest BCUT2D eigenvalue weighted by atomic mass is 32.1. The van der Waals surface area contributed by atoms with E-state index in [4.69, 9.17) is 4.74 Å². The number of hydrogen-bond acceptors (Lipinski definition) is 4. The Kier molecular flexibility index (Phi) is 4.16. The predicted molar refractivity (Wildman–Crippen MR) is 76.5 cm³/mol. The molecule has 0 fully saturated rings. The third kappa shape index (κ3) is 3.32. The van der Waals surface area contributed by atoms with Gasteiger partial charge in [-0.1, -0.05) is 30.3 Å². The first kappa shape index (κ1) is 13.5. The quantitative estimate of drug-likeness (QED) is 0.919. The molecule has 0 aliphatic carbocycles. The van der Waals surface area contributed by atoms with Gasteiger partial charge in [0.05, 0.1) is 11.4 Å². The lowest BCUT2D eigenvalue weighted by atomic mass is 10.1. The summed E-state index contributed by atoms with van der Waals surface area (Å²) in [7, 11) is 0. The molecule has 1 N–H and O–H groups in total. The average molecular weight is 276 g/mol. The molecular weight excluding hydrogens is 260 g/mol. The van der Waals surface area contributed by atoms with Gasteiger partial charge in [0.15, 0.2) is 0 Å². The van der Waals surface area contributed by atoms with E-state index in [-0.39, 0.29) is 6.10 Å². The Bertz CT molecular complexity index is 547. The minimum atomic E-state index is -0.456. The van der Waals surface area contributed by atoms with Gasteiger partial charge in [0.1, 0.15) is 6.10 Å². The summed E-state index contributed by atoms with van der Waals surface area (Å²) in [5.41, 5.74) is 2.52. The van der Waals surface area contributed by atoms with Crippen LogP contribution in [0.2, 0.25) is 0 Å². The predicted octanol–water partition coefficient (Wildman–Crippen LogP) is 4.07. The minimum absolute atomic E-state index is 0.284. The minimum Gasteiger partial charge on any atom is -0.441 e. The Balaban J connectivity index is 1.99. The smallest absolute Gasteiger partial charge is 0.412 e. The molecule has 0 saturated carbocycles. The molecule has 4 nitrogen and oxygen atoms in total. The van der Waals surface area contributed by atoms with Crippen molar-refractivity contribution in [2.24, 2.45) is 0 Å². The Morgan fingerprint density at radius 1 is 1.32 bits per heavy atom. The van der Waals surface area contributed by atoms with E-state index >= 15 is 0 Å². The van der Waals surface area contributed by atoms with Crippen molar-refractivity contribution in [2.45, 2.75) is 26.9 Å². The zero-order valence-electron chi connectivity index (χ0n) is 11.1. The van der Waals surface area contributed by atoms with Crippen molar-refractivity contribution in [2.75, 3.05) is 5.32 Å². The highest BCUT2D eigenvalue weighted by Gasteiger charge is 2.14. The van der Waals surface area contributed by atoms with Crippen LogP contribution < -0.4 is 5.32 Å². The summed E-state index contributed by atoms with van der Waals surface area (Å²) >= 11 is 1.37. The van der Waals surface area contributed by atoms with Gasteiger partial charge in [0.2, 0.25) is 0 Å². The number of benzene rings is 1. The average Bonchev–Trinajstić information content (AvgIpc) is 2.71. The van der Waals surface area contributed by atoms with E-state index in [1.165, 1.54) is 11.5 Å². The molecule has 1 aromatic heterocycles. The number of nitrogens with zero attached hydrogens (tertiary/aromatic N) is 1. The summed E-state index contributed by atoms with van der Waals surface area (Å²) < 4.78 is 9.52. The Hall–Kier alpha value is -1.88. The number of carbonyl (C=O) groups is 1. The number of carbonyl (C=O) groups excluding carboxylic acids is 1. The molecule has 1 atom stereocenters. The molecule has 0 radical (unpaired) electrons. The first-order valence-electron chi connectivity index (χ1n) is 6.03. The standard InChI is InChI=1S/C14H16N2O2S/c1-9-13(11(3)19-16-9)15-14(17)18-10(2)12-7-5-4-6-8-12/h4-8,10H,1-3H3,(H,15,17)/t10-/m1/s1. The van der Waals surface area contributed by atoms with E-state index in [0.29, 0.717) is 0 Å². The van der Waals surface area contributed by atoms with E-state index in [2.05, 4.69) is 9.69 Å². The van der Waals surface area contributed by atoms with Crippen molar-refractivity contribution < 1.29 is 9.53 Å². The van der Waals surface area contributed by atoms with E-state index in [9.17, 15) is 4.79 Å². The van der Waals surface area contributed by atoms with Gasteiger partial charge >= 0.3 is 6.09 Å². The number of aromatic nitrogens is 1. The van der Waals surface area contributed by atoms with Crippen molar-refractivity contribution >= 4 is 23.3 Å². The highest BCUT2D eigenvalue weighted by Crippen LogP contribution is 2.24. The molecule has 1 heterocycles. The maximum atomic E-state index is 11.8. The lowest BCUT2D eigenvalue weighted by molar-refractivity contribution is 0.121. The number of hydrogen-bond donors (Lipinski definition) is 1. The van der Waals surface area contributed by atoms with E-state index in [1.54, 1.807) is 0 Å². The molecule has 2 aromatic rings. The van der Waals surface area contributed by atoms with Gasteiger partial charge in [-0.15, -0.1) is 0 Å². The molecule has 0 aliphatic rings. The summed E-state index contributed by atoms with van der Waals surface area (Å²) in [6, 6.07) is 9.63. The van der Waals surface area contributed by atoms with Crippen molar-refractivity contribution in [3.8, 4) is 0 Å². The van der Waals surface area contributed by atoms with Crippen LogP contribution in [0.25, 0.3) is 0 Å². The second-order valence-corrected chi connectivity index (χ2v) is 5.26. The van der Waals surface area contributed by atoms with Gasteiger partial charge in [0.25, 0.3) is 0 Å². The van der Waals surface area contributed by atoms with Gasteiger partial charge in [-0.25, -0.2) is 4.79 Å². The number of nitrogens with one attached hydrogen (secondary N) is 1. The topological polar surface area (TPSA) is 51.2 Å². The Labute approximate surface area is 116 Å². The Morgan fingerprint density at radius 3 is 2.58 bits per heavy atom. The monoisotopic (exact) mass is 276 g/mol. The fourth-order valence-electron chi connectivity index (χ4n) is 1.75. The first-order chi connectivity index (χ1) is 9.08. The molecule has 0 unspecified atom stereocenters. The zero-order valence-corrected chi connectivity index (χ0v) is 12.0. The summed E-state index contributed by atoms with van der Waals surface area (Å²) in [4.78, 5) is 12.8. The first-order valence-corrected chi connectivity index (χ1v) is 6.80. The molecule has 0 bridgehead atoms. The normalized spacial score (nSPS) is 11.9. The number of aryl methyl sites for hydroxylation is 2. The van der Waals surface area contributed by atoms with E-state index in [0.717, 1.165) is 21.8 Å². The molecule has 2 rings (SSSR count). The van der Waals surface area contributed by atoms with Crippen molar-refractivity contribution in [1.29, 1.82) is 0 Å². The van der Waals surface area contributed by atoms with Crippen molar-refractivity contribution in [3.05, 3.63) is 46.5 Å². The largest absolute Gasteiger partial charge is 0.441 e. The van der Waals surface area contributed by atoms with E-state index < -0.39 is 6.09 Å². The van der Waals surface area contributed by atoms with Crippen molar-refractivity contribution in [1.82, 2.24) is 4.37 Å². The van der Waals surface area contributed by atoms with Crippen LogP contribution in [0.15, 0.2) is 30.3 Å². The van der Waals surface area contributed by atoms with Crippen LogP contribution >= 0.6 is 11.5 Å². The number of amides is 1. The molecule has 0 saturated heterocycles. The molecule has 19 heavy (non-hydrogen) atoms. The molecule has 0 spiro atoms. The number of anilines is 1. The van der Waals surface area contributed by atoms with Crippen LogP contribution in [-0.2, 0) is 4.74 Å².